The van der Waals surface area contributed by atoms with E-state index >= 15 is 0 Å². The number of ether oxygens (including phenoxy) is 1. The topological polar surface area (TPSA) is 78.9 Å². The van der Waals surface area contributed by atoms with Crippen LogP contribution in [-0.2, 0) is 9.53 Å². The predicted molar refractivity (Wildman–Crippen MR) is 64.0 cm³/mol. The molecular weight excluding hydrogens is 224 g/mol. The standard InChI is InChI=1S/C11H22N2O4/c1-3-17-9-8-13(2)11(16)12-7-5-4-6-10(14)15/h3-9H2,1-2H3,(H,12,16)(H,14,15). The van der Waals surface area contributed by atoms with Gasteiger partial charge in [-0.3, -0.25) is 4.79 Å². The Morgan fingerprint density at radius 2 is 2.06 bits per heavy atom. The van der Waals surface area contributed by atoms with Crippen molar-refractivity contribution in [1.29, 1.82) is 0 Å². The van der Waals surface area contributed by atoms with Gasteiger partial charge in [-0.15, -0.1) is 0 Å². The normalized spacial score (nSPS) is 10.0. The summed E-state index contributed by atoms with van der Waals surface area (Å²) in [6.45, 7) is 4.13. The summed E-state index contributed by atoms with van der Waals surface area (Å²) in [5.41, 5.74) is 0. The quantitative estimate of drug-likeness (QED) is 0.593. The van der Waals surface area contributed by atoms with Crippen LogP contribution in [0.4, 0.5) is 4.79 Å². The van der Waals surface area contributed by atoms with E-state index in [4.69, 9.17) is 9.84 Å². The third-order valence-corrected chi connectivity index (χ3v) is 2.22. The zero-order chi connectivity index (χ0) is 13.1. The summed E-state index contributed by atoms with van der Waals surface area (Å²) in [7, 11) is 1.70. The van der Waals surface area contributed by atoms with Crippen molar-refractivity contribution in [2.75, 3.05) is 33.4 Å². The van der Waals surface area contributed by atoms with Crippen molar-refractivity contribution in [3.05, 3.63) is 0 Å². The van der Waals surface area contributed by atoms with Crippen molar-refractivity contribution in [3.63, 3.8) is 0 Å². The molecule has 0 aliphatic carbocycles. The number of carboxylic acids is 1. The molecule has 0 radical (unpaired) electrons. The fraction of sp³-hybridized carbons (Fsp3) is 0.818. The summed E-state index contributed by atoms with van der Waals surface area (Å²) in [4.78, 5) is 23.3. The number of nitrogens with one attached hydrogen (secondary N) is 1. The van der Waals surface area contributed by atoms with Crippen molar-refractivity contribution >= 4 is 12.0 Å². The van der Waals surface area contributed by atoms with Gasteiger partial charge in [0.05, 0.1) is 6.61 Å². The second-order valence-electron chi connectivity index (χ2n) is 3.70. The highest BCUT2D eigenvalue weighted by Crippen LogP contribution is 1.94. The third-order valence-electron chi connectivity index (χ3n) is 2.22. The van der Waals surface area contributed by atoms with Gasteiger partial charge in [0.1, 0.15) is 0 Å². The fourth-order valence-electron chi connectivity index (χ4n) is 1.18. The summed E-state index contributed by atoms with van der Waals surface area (Å²) in [6.07, 6.45) is 1.41. The number of carboxylic acid groups (broad SMARTS) is 1. The van der Waals surface area contributed by atoms with Crippen LogP contribution in [0.5, 0.6) is 0 Å². The van der Waals surface area contributed by atoms with E-state index in [0.29, 0.717) is 39.1 Å². The lowest BCUT2D eigenvalue weighted by Crippen LogP contribution is -2.39. The van der Waals surface area contributed by atoms with Gasteiger partial charge in [0.15, 0.2) is 0 Å². The average molecular weight is 246 g/mol. The molecule has 0 saturated heterocycles. The Kier molecular flexibility index (Phi) is 9.14. The first-order valence-electron chi connectivity index (χ1n) is 5.86. The Morgan fingerprint density at radius 3 is 2.65 bits per heavy atom. The lowest BCUT2D eigenvalue weighted by molar-refractivity contribution is -0.137. The zero-order valence-electron chi connectivity index (χ0n) is 10.6. The number of unbranched alkanes of at least 4 members (excludes halogenated alkanes) is 1. The molecule has 0 saturated carbocycles. The predicted octanol–water partition coefficient (Wildman–Crippen LogP) is 0.919. The number of carbonyl (C=O) groups is 2. The van der Waals surface area contributed by atoms with Crippen LogP contribution in [0.1, 0.15) is 26.2 Å². The van der Waals surface area contributed by atoms with E-state index in [1.807, 2.05) is 6.92 Å². The lowest BCUT2D eigenvalue weighted by atomic mass is 10.2. The monoisotopic (exact) mass is 246 g/mol. The molecule has 0 spiro atoms. The van der Waals surface area contributed by atoms with Gasteiger partial charge >= 0.3 is 12.0 Å². The van der Waals surface area contributed by atoms with Crippen molar-refractivity contribution in [2.45, 2.75) is 26.2 Å². The van der Waals surface area contributed by atoms with E-state index < -0.39 is 5.97 Å². The van der Waals surface area contributed by atoms with Crippen molar-refractivity contribution in [1.82, 2.24) is 10.2 Å². The molecule has 0 fully saturated rings. The molecule has 0 heterocycles. The van der Waals surface area contributed by atoms with Gasteiger partial charge in [-0.2, -0.15) is 0 Å². The van der Waals surface area contributed by atoms with E-state index in [1.165, 1.54) is 0 Å². The van der Waals surface area contributed by atoms with Crippen LogP contribution in [-0.4, -0.2) is 55.4 Å². The third kappa shape index (κ3) is 9.62. The van der Waals surface area contributed by atoms with Crippen molar-refractivity contribution in [2.24, 2.45) is 0 Å². The smallest absolute Gasteiger partial charge is 0.317 e. The van der Waals surface area contributed by atoms with Gasteiger partial charge in [-0.25, -0.2) is 4.79 Å². The molecule has 6 heteroatoms. The maximum absolute atomic E-state index is 11.5. The molecule has 100 valence electrons. The van der Waals surface area contributed by atoms with Gasteiger partial charge in [0.25, 0.3) is 0 Å². The van der Waals surface area contributed by atoms with Crippen LogP contribution < -0.4 is 5.32 Å². The van der Waals surface area contributed by atoms with Crippen LogP contribution in [0.2, 0.25) is 0 Å². The molecule has 0 aromatic heterocycles. The summed E-state index contributed by atoms with van der Waals surface area (Å²) in [6, 6.07) is -0.153. The molecular formula is C11H22N2O4. The van der Waals surface area contributed by atoms with Crippen molar-refractivity contribution < 1.29 is 19.4 Å². The highest BCUT2D eigenvalue weighted by atomic mass is 16.5. The highest BCUT2D eigenvalue weighted by Gasteiger charge is 2.06. The first-order valence-corrected chi connectivity index (χ1v) is 5.86. The zero-order valence-corrected chi connectivity index (χ0v) is 10.6. The number of likely N-dealkylation sites (N-methyl/N-ethyl adjacent to an activating group) is 1. The number of hydrogen-bond acceptors (Lipinski definition) is 3. The Morgan fingerprint density at radius 1 is 1.35 bits per heavy atom. The first kappa shape index (κ1) is 15.7. The molecule has 2 amide bonds. The van der Waals surface area contributed by atoms with Gasteiger partial charge in [-0.1, -0.05) is 0 Å². The number of carbonyl (C=O) groups excluding carboxylic acids is 1. The van der Waals surface area contributed by atoms with Gasteiger partial charge < -0.3 is 20.1 Å². The number of aliphatic carboxylic acids is 1. The first-order chi connectivity index (χ1) is 8.07. The SMILES string of the molecule is CCOCCN(C)C(=O)NCCCCC(=O)O. The molecule has 6 nitrogen and oxygen atoms in total. The molecule has 0 aromatic carbocycles. The number of hydrogen-bond donors (Lipinski definition) is 2. The summed E-state index contributed by atoms with van der Waals surface area (Å²) >= 11 is 0. The van der Waals surface area contributed by atoms with E-state index in [9.17, 15) is 9.59 Å². The molecule has 0 rings (SSSR count). The number of rotatable bonds is 9. The summed E-state index contributed by atoms with van der Waals surface area (Å²) in [5, 5.41) is 11.1. The van der Waals surface area contributed by atoms with Gasteiger partial charge in [0, 0.05) is 33.2 Å². The van der Waals surface area contributed by atoms with Crippen LogP contribution in [0.3, 0.4) is 0 Å². The van der Waals surface area contributed by atoms with Crippen molar-refractivity contribution in [3.8, 4) is 0 Å². The lowest BCUT2D eigenvalue weighted by Gasteiger charge is -2.17. The van der Waals surface area contributed by atoms with E-state index in [0.717, 1.165) is 0 Å². The molecule has 2 N–H and O–H groups in total. The van der Waals surface area contributed by atoms with Crippen LogP contribution in [0.25, 0.3) is 0 Å². The Bertz CT molecular complexity index is 234. The van der Waals surface area contributed by atoms with E-state index in [1.54, 1.807) is 11.9 Å². The average Bonchev–Trinajstić information content (AvgIpc) is 2.28. The van der Waals surface area contributed by atoms with Gasteiger partial charge in [-0.05, 0) is 19.8 Å². The van der Waals surface area contributed by atoms with E-state index in [-0.39, 0.29) is 12.5 Å². The number of urea groups is 1. The van der Waals surface area contributed by atoms with Crippen LogP contribution in [0.15, 0.2) is 0 Å². The minimum absolute atomic E-state index is 0.149. The Hall–Kier alpha value is -1.30. The van der Waals surface area contributed by atoms with E-state index in [2.05, 4.69) is 5.32 Å². The molecule has 0 aliphatic heterocycles. The fourth-order valence-corrected chi connectivity index (χ4v) is 1.18. The molecule has 17 heavy (non-hydrogen) atoms. The minimum Gasteiger partial charge on any atom is -0.481 e. The molecule has 0 bridgehead atoms. The largest absolute Gasteiger partial charge is 0.481 e. The number of nitrogens with zero attached hydrogens (tertiary/aromatic N) is 1. The van der Waals surface area contributed by atoms with Crippen LogP contribution >= 0.6 is 0 Å². The minimum atomic E-state index is -0.801. The molecule has 0 unspecified atom stereocenters. The van der Waals surface area contributed by atoms with Gasteiger partial charge in [0.2, 0.25) is 0 Å². The Balaban J connectivity index is 3.47. The maximum Gasteiger partial charge on any atom is 0.317 e. The second-order valence-corrected chi connectivity index (χ2v) is 3.70. The summed E-state index contributed by atoms with van der Waals surface area (Å²) in [5.74, 6) is -0.801. The second kappa shape index (κ2) is 9.89. The Labute approximate surface area is 102 Å². The molecule has 0 atom stereocenters. The molecule has 0 aliphatic rings. The molecule has 0 aromatic rings. The summed E-state index contributed by atoms with van der Waals surface area (Å²) < 4.78 is 5.14. The van der Waals surface area contributed by atoms with Crippen LogP contribution in [0, 0.1) is 0 Å². The highest BCUT2D eigenvalue weighted by molar-refractivity contribution is 5.73. The number of amides is 2. The maximum atomic E-state index is 11.5.